The van der Waals surface area contributed by atoms with Crippen molar-refractivity contribution in [2.24, 2.45) is 0 Å². The number of rotatable bonds is 6. The number of carbonyl (C=O) groups excluding carboxylic acids is 3. The van der Waals surface area contributed by atoms with Gasteiger partial charge in [0.1, 0.15) is 5.57 Å². The van der Waals surface area contributed by atoms with Gasteiger partial charge in [-0.2, -0.15) is 0 Å². The van der Waals surface area contributed by atoms with Crippen molar-refractivity contribution in [2.45, 2.75) is 39.7 Å². The van der Waals surface area contributed by atoms with Gasteiger partial charge in [0.2, 0.25) is 0 Å². The summed E-state index contributed by atoms with van der Waals surface area (Å²) in [5, 5.41) is 2.29. The van der Waals surface area contributed by atoms with E-state index >= 15 is 0 Å². The molecule has 1 aliphatic heterocycles. The molecule has 0 spiro atoms. The average molecular weight is 442 g/mol. The summed E-state index contributed by atoms with van der Waals surface area (Å²) in [5.41, 5.74) is 4.47. The summed E-state index contributed by atoms with van der Waals surface area (Å²) < 4.78 is 1.96. The van der Waals surface area contributed by atoms with Crippen molar-refractivity contribution in [1.82, 2.24) is 9.88 Å². The maximum atomic E-state index is 13.2. The molecule has 168 valence electrons. The molecule has 0 bridgehead atoms. The van der Waals surface area contributed by atoms with Gasteiger partial charge in [0, 0.05) is 18.4 Å². The van der Waals surface area contributed by atoms with Crippen LogP contribution in [0.5, 0.6) is 0 Å². The molecular weight excluding hydrogens is 414 g/mol. The van der Waals surface area contributed by atoms with E-state index in [4.69, 9.17) is 0 Å². The van der Waals surface area contributed by atoms with E-state index in [1.54, 1.807) is 18.2 Å². The first-order valence-electron chi connectivity index (χ1n) is 11.1. The van der Waals surface area contributed by atoms with Crippen molar-refractivity contribution >= 4 is 29.6 Å². The minimum Gasteiger partial charge on any atom is -0.344 e. The fourth-order valence-electron chi connectivity index (χ4n) is 3.82. The van der Waals surface area contributed by atoms with Crippen LogP contribution in [0.25, 0.3) is 6.08 Å². The first-order valence-corrected chi connectivity index (χ1v) is 11.1. The minimum atomic E-state index is -0.742. The number of aromatic nitrogens is 1. The quantitative estimate of drug-likeness (QED) is 0.431. The number of urea groups is 1. The van der Waals surface area contributed by atoms with Gasteiger partial charge in [0.05, 0.1) is 5.69 Å². The van der Waals surface area contributed by atoms with Crippen LogP contribution in [0.2, 0.25) is 0 Å². The third-order valence-electron chi connectivity index (χ3n) is 6.06. The van der Waals surface area contributed by atoms with Gasteiger partial charge in [-0.15, -0.1) is 0 Å². The summed E-state index contributed by atoms with van der Waals surface area (Å²) in [6.45, 7) is 6.87. The maximum Gasteiger partial charge on any atom is 0.335 e. The molecule has 6 nitrogen and oxygen atoms in total. The van der Waals surface area contributed by atoms with E-state index in [0.29, 0.717) is 23.8 Å². The van der Waals surface area contributed by atoms with Crippen LogP contribution in [0.4, 0.5) is 10.5 Å². The zero-order chi connectivity index (χ0) is 23.5. The molecule has 4 rings (SSSR count). The van der Waals surface area contributed by atoms with E-state index < -0.39 is 17.8 Å². The maximum absolute atomic E-state index is 13.2. The Morgan fingerprint density at radius 1 is 0.970 bits per heavy atom. The van der Waals surface area contributed by atoms with Gasteiger partial charge >= 0.3 is 6.03 Å². The lowest BCUT2D eigenvalue weighted by Gasteiger charge is -2.26. The van der Waals surface area contributed by atoms with Crippen LogP contribution in [0.15, 0.2) is 72.4 Å². The molecular formula is C27H27N3O3. The molecule has 3 aromatic rings. The molecule has 4 amide bonds. The highest BCUT2D eigenvalue weighted by atomic mass is 16.2. The van der Waals surface area contributed by atoms with Gasteiger partial charge in [-0.25, -0.2) is 9.69 Å². The number of imide groups is 2. The first-order chi connectivity index (χ1) is 15.9. The van der Waals surface area contributed by atoms with Crippen molar-refractivity contribution < 1.29 is 14.4 Å². The Kier molecular flexibility index (Phi) is 6.27. The SMILES string of the molecule is CCC(C)c1ccc(N2C(=O)NC(=O)C(=Cc3cccn3Cc3ccc(C)cc3)C2=O)cc1. The molecule has 1 N–H and O–H groups in total. The van der Waals surface area contributed by atoms with Crippen molar-refractivity contribution in [3.63, 3.8) is 0 Å². The number of hydrogen-bond donors (Lipinski definition) is 1. The molecule has 33 heavy (non-hydrogen) atoms. The minimum absolute atomic E-state index is 0.0792. The smallest absolute Gasteiger partial charge is 0.335 e. The summed E-state index contributed by atoms with van der Waals surface area (Å²) in [6.07, 6.45) is 4.43. The van der Waals surface area contributed by atoms with Crippen LogP contribution >= 0.6 is 0 Å². The molecule has 1 unspecified atom stereocenters. The molecule has 0 radical (unpaired) electrons. The van der Waals surface area contributed by atoms with E-state index in [0.717, 1.165) is 22.4 Å². The number of anilines is 1. The first kappa shape index (κ1) is 22.3. The Hall–Kier alpha value is -3.93. The number of benzene rings is 2. The highest BCUT2D eigenvalue weighted by Crippen LogP contribution is 2.26. The Balaban J connectivity index is 1.62. The standard InChI is InChI=1S/C27H27N3O3/c1-4-19(3)21-11-13-22(14-12-21)30-26(32)24(25(31)28-27(30)33)16-23-6-5-15-29(23)17-20-9-7-18(2)8-10-20/h5-16,19H,4,17H2,1-3H3,(H,28,31,33). The van der Waals surface area contributed by atoms with Crippen LogP contribution in [0.3, 0.4) is 0 Å². The molecule has 1 aliphatic rings. The molecule has 1 fully saturated rings. The van der Waals surface area contributed by atoms with E-state index in [1.165, 1.54) is 5.56 Å². The van der Waals surface area contributed by atoms with Crippen molar-refractivity contribution in [3.05, 3.63) is 94.8 Å². The Morgan fingerprint density at radius 2 is 1.67 bits per heavy atom. The summed E-state index contributed by atoms with van der Waals surface area (Å²) >= 11 is 0. The van der Waals surface area contributed by atoms with Crippen LogP contribution < -0.4 is 10.2 Å². The summed E-state index contributed by atoms with van der Waals surface area (Å²) in [7, 11) is 0. The summed E-state index contributed by atoms with van der Waals surface area (Å²) in [4.78, 5) is 39.3. The predicted molar refractivity (Wildman–Crippen MR) is 129 cm³/mol. The lowest BCUT2D eigenvalue weighted by Crippen LogP contribution is -2.54. The van der Waals surface area contributed by atoms with E-state index in [1.807, 2.05) is 66.2 Å². The number of nitrogens with zero attached hydrogens (tertiary/aromatic N) is 2. The van der Waals surface area contributed by atoms with Gasteiger partial charge in [0.25, 0.3) is 11.8 Å². The number of hydrogen-bond acceptors (Lipinski definition) is 3. The Bertz CT molecular complexity index is 1220. The third kappa shape index (κ3) is 4.65. The molecule has 0 aliphatic carbocycles. The number of carbonyl (C=O) groups is 3. The number of amides is 4. The number of nitrogens with one attached hydrogen (secondary N) is 1. The molecule has 2 heterocycles. The lowest BCUT2D eigenvalue weighted by atomic mass is 9.98. The van der Waals surface area contributed by atoms with E-state index in [2.05, 4.69) is 19.2 Å². The lowest BCUT2D eigenvalue weighted by molar-refractivity contribution is -0.122. The topological polar surface area (TPSA) is 71.4 Å². The average Bonchev–Trinajstić information content (AvgIpc) is 3.24. The van der Waals surface area contributed by atoms with Crippen molar-refractivity contribution in [1.29, 1.82) is 0 Å². The zero-order valence-electron chi connectivity index (χ0n) is 19.0. The molecule has 1 aromatic heterocycles. The largest absolute Gasteiger partial charge is 0.344 e. The molecule has 1 saturated heterocycles. The molecule has 6 heteroatoms. The monoisotopic (exact) mass is 441 g/mol. The summed E-state index contributed by atoms with van der Waals surface area (Å²) in [5.74, 6) is -0.952. The highest BCUT2D eigenvalue weighted by molar-refractivity contribution is 6.39. The predicted octanol–water partition coefficient (Wildman–Crippen LogP) is 5.02. The van der Waals surface area contributed by atoms with Gasteiger partial charge in [-0.1, -0.05) is 55.8 Å². The number of barbiturate groups is 1. The zero-order valence-corrected chi connectivity index (χ0v) is 19.0. The normalized spacial score (nSPS) is 16.3. The summed E-state index contributed by atoms with van der Waals surface area (Å²) in [6, 6.07) is 18.5. The van der Waals surface area contributed by atoms with E-state index in [9.17, 15) is 14.4 Å². The Morgan fingerprint density at radius 3 is 2.33 bits per heavy atom. The third-order valence-corrected chi connectivity index (χ3v) is 6.06. The fraction of sp³-hybridized carbons (Fsp3) is 0.222. The van der Waals surface area contributed by atoms with Gasteiger partial charge in [0.15, 0.2) is 0 Å². The van der Waals surface area contributed by atoms with Crippen LogP contribution in [0.1, 0.15) is 48.6 Å². The number of aryl methyl sites for hydroxylation is 1. The molecule has 1 atom stereocenters. The second-order valence-corrected chi connectivity index (χ2v) is 8.41. The second kappa shape index (κ2) is 9.28. The Labute approximate surface area is 193 Å². The van der Waals surface area contributed by atoms with Crippen LogP contribution in [-0.4, -0.2) is 22.4 Å². The van der Waals surface area contributed by atoms with Crippen molar-refractivity contribution in [3.8, 4) is 0 Å². The second-order valence-electron chi connectivity index (χ2n) is 8.41. The van der Waals surface area contributed by atoms with Gasteiger partial charge in [-0.05, 0) is 60.7 Å². The fourth-order valence-corrected chi connectivity index (χ4v) is 3.82. The van der Waals surface area contributed by atoms with Crippen LogP contribution in [0, 0.1) is 6.92 Å². The highest BCUT2D eigenvalue weighted by Gasteiger charge is 2.37. The van der Waals surface area contributed by atoms with Gasteiger partial charge < -0.3 is 4.57 Å². The van der Waals surface area contributed by atoms with E-state index in [-0.39, 0.29) is 5.57 Å². The van der Waals surface area contributed by atoms with Gasteiger partial charge in [-0.3, -0.25) is 14.9 Å². The van der Waals surface area contributed by atoms with Crippen molar-refractivity contribution in [2.75, 3.05) is 4.90 Å². The molecule has 0 saturated carbocycles. The molecule has 2 aromatic carbocycles. The van der Waals surface area contributed by atoms with Crippen LogP contribution in [-0.2, 0) is 16.1 Å².